The minimum Gasteiger partial charge on any atom is -0.0622 e. The minimum absolute atomic E-state index is 0.0231. The van der Waals surface area contributed by atoms with Crippen molar-refractivity contribution in [3.63, 3.8) is 0 Å². The molecule has 0 aliphatic heterocycles. The van der Waals surface area contributed by atoms with Crippen molar-refractivity contribution in [1.29, 1.82) is 0 Å². The van der Waals surface area contributed by atoms with Crippen LogP contribution in [-0.2, 0) is 40.2 Å². The average Bonchev–Trinajstić information content (AvgIpc) is 3.49. The van der Waals surface area contributed by atoms with E-state index in [1.807, 2.05) is 60.7 Å². The number of carboxylic acids is 1. The maximum Gasteiger partial charge on any atom is -0.0134 e. The first-order valence-electron chi connectivity index (χ1n) is 23.5. The van der Waals surface area contributed by atoms with Gasteiger partial charge in [-0.25, -0.2) is 14.6 Å². The van der Waals surface area contributed by atoms with Crippen LogP contribution in [0.3, 0.4) is 0 Å². The minimum atomic E-state index is -1.06. The summed E-state index contributed by atoms with van der Waals surface area (Å²) in [6.45, 7) is 3.72. The number of rotatable bonds is 10. The zero-order chi connectivity index (χ0) is 55.3. The fraction of sp³-hybridized carbons (Fsp3) is 0.0317. The number of halogens is 4. The van der Waals surface area contributed by atoms with Crippen LogP contribution in [0.4, 0.5) is 0 Å². The van der Waals surface area contributed by atoms with Gasteiger partial charge >= 0.3 is 74.9 Å². The van der Waals surface area contributed by atoms with Crippen LogP contribution in [0.2, 0.25) is 5.15 Å². The van der Waals surface area contributed by atoms with Crippen LogP contribution in [0.25, 0.3) is 0 Å². The molecule has 390 valence electrons. The summed E-state index contributed by atoms with van der Waals surface area (Å²) in [5, 5.41) is 16.9. The van der Waals surface area contributed by atoms with Crippen LogP contribution in [0.1, 0.15) is 37.5 Å². The molecule has 14 heteroatoms. The number of nitrogens with zero attached hydrogens (tertiary/aromatic N) is 2. The Morgan fingerprint density at radius 3 is 1.04 bits per heavy atom. The predicted molar refractivity (Wildman–Crippen MR) is 323 cm³/mol. The molecule has 2 aromatic heterocycles. The Balaban J connectivity index is 0.000000210. The van der Waals surface area contributed by atoms with E-state index in [-0.39, 0.29) is 16.7 Å². The predicted octanol–water partition coefficient (Wildman–Crippen LogP) is 14.9. The summed E-state index contributed by atoms with van der Waals surface area (Å²) < 4.78 is 4.74. The van der Waals surface area contributed by atoms with Crippen LogP contribution >= 0.6 is 61.5 Å². The molecule has 0 spiro atoms. The van der Waals surface area contributed by atoms with Crippen LogP contribution in [0.5, 0.6) is 0 Å². The smallest absolute Gasteiger partial charge is 0.0134 e. The van der Waals surface area contributed by atoms with Gasteiger partial charge in [-0.2, -0.15) is 24.6 Å². The second-order valence-corrected chi connectivity index (χ2v) is 21.9. The normalized spacial score (nSPS) is 9.78. The molecule has 0 radical (unpaired) electrons. The molecule has 1 N–H and O–H groups in total. The molecule has 0 unspecified atom stereocenters. The van der Waals surface area contributed by atoms with E-state index in [0.717, 1.165) is 16.8 Å². The molecule has 0 fully saturated rings. The summed E-state index contributed by atoms with van der Waals surface area (Å²) >= 11 is 10.2. The fourth-order valence-corrected chi connectivity index (χ4v) is 11.9. The van der Waals surface area contributed by atoms with Crippen LogP contribution in [-0.4, -0.2) is 34.1 Å². The first-order valence-corrected chi connectivity index (χ1v) is 36.2. The van der Waals surface area contributed by atoms with Crippen molar-refractivity contribution >= 4 is 105 Å². The zero-order valence-corrected chi connectivity index (χ0v) is 51.6. The topological polar surface area (TPSA) is 89.4 Å². The summed E-state index contributed by atoms with van der Waals surface area (Å²) in [5.41, 5.74) is 3.49. The molecule has 0 saturated carbocycles. The van der Waals surface area contributed by atoms with Crippen molar-refractivity contribution < 1.29 is 48.4 Å². The van der Waals surface area contributed by atoms with Gasteiger partial charge < -0.3 is 9.84 Å². The van der Waals surface area contributed by atoms with Crippen LogP contribution in [0.15, 0.2) is 279 Å². The molecule has 0 aliphatic rings. The molecule has 10 aromatic rings. The van der Waals surface area contributed by atoms with Crippen LogP contribution < -0.4 is 31.8 Å². The van der Waals surface area contributed by atoms with E-state index in [2.05, 4.69) is 213 Å². The van der Waals surface area contributed by atoms with Crippen molar-refractivity contribution in [1.82, 2.24) is 9.97 Å². The zero-order valence-electron chi connectivity index (χ0n) is 42.0. The summed E-state index contributed by atoms with van der Waals surface area (Å²) in [6.07, 6.45) is 3.76. The number of ether oxygens (including phenoxy) is 1. The van der Waals surface area contributed by atoms with Gasteiger partial charge in [0.15, 0.2) is 0 Å². The van der Waals surface area contributed by atoms with Gasteiger partial charge in [-0.15, -0.1) is 12.1 Å². The molecule has 0 amide bonds. The van der Waals surface area contributed by atoms with E-state index in [4.69, 9.17) is 41.8 Å². The Morgan fingerprint density at radius 1 is 0.494 bits per heavy atom. The summed E-state index contributed by atoms with van der Waals surface area (Å²) in [5.74, 6) is -1.40. The average molecular weight is 1280 g/mol. The van der Waals surface area contributed by atoms with Gasteiger partial charge in [-0.1, -0.05) is 230 Å². The molecule has 2 heterocycles. The van der Waals surface area contributed by atoms with Gasteiger partial charge in [0.2, 0.25) is 0 Å². The molecule has 77 heavy (non-hydrogen) atoms. The van der Waals surface area contributed by atoms with Crippen molar-refractivity contribution in [2.45, 2.75) is 6.42 Å². The number of carbonyl (C=O) groups excluding carboxylic acids is 1. The van der Waals surface area contributed by atoms with E-state index in [1.165, 1.54) is 73.6 Å². The largest absolute Gasteiger partial charge is 0.0622 e. The number of hydrogen-bond donors (Lipinski definition) is 1. The number of methoxy groups -OCH3 is 1. The number of hydrogen-bond acceptors (Lipinski definition) is 5. The number of esters is 1. The van der Waals surface area contributed by atoms with Crippen LogP contribution in [0, 0.1) is 6.92 Å². The molecule has 6 nitrogen and oxygen atoms in total. The molecule has 10 rings (SSSR count). The number of aromatic nitrogens is 2. The number of carboxylic acid groups (broad SMARTS) is 1. The van der Waals surface area contributed by atoms with Gasteiger partial charge in [-0.05, 0) is 77.5 Å². The Hall–Kier alpha value is -5.80. The number of benzene rings is 8. The van der Waals surface area contributed by atoms with Gasteiger partial charge in [0.1, 0.15) is 5.15 Å². The maximum absolute atomic E-state index is 11.6. The summed E-state index contributed by atoms with van der Waals surface area (Å²) in [6, 6.07) is 90.8. The molecular formula is C63H54BrCl3N2NiO4P2Zn. The van der Waals surface area contributed by atoms with E-state index < -0.39 is 21.8 Å². The van der Waals surface area contributed by atoms with Gasteiger partial charge in [-0.3, -0.25) is 4.98 Å². The third kappa shape index (κ3) is 23.4. The standard InChI is InChI=1S/2C18H15P.C14H13NO2.C7H7.C6H4ClNO2.BrH.2ClH.Ni.Zn/c2*1-4-10-16(11-5-1)19(17-12-6-2-7-13-17)18-14-8-3-9-15-18;1-17-14(16)12-8-5-9-15-13(12)10-11-6-3-2-4-7-11;1-7-5-3-2-4-6-7;7-5-4(6(9)10)2-1-3-8-5;;;;;/h2*1-15H;2-9H,10H2,1H3;2-6H,1H2;1-3H,(H,9,10);3*1H;;/q;;;-1;;;;;2*+2/p-3. The van der Waals surface area contributed by atoms with Gasteiger partial charge in [0.25, 0.3) is 0 Å². The van der Waals surface area contributed by atoms with Gasteiger partial charge in [0, 0.05) is 18.8 Å². The molecule has 0 saturated heterocycles. The Kier molecular flexibility index (Phi) is 32.0. The molecule has 8 aromatic carbocycles. The number of carbonyl (C=O) groups is 2. The number of aromatic carboxylic acids is 1. The third-order valence-electron chi connectivity index (χ3n) is 10.4. The number of pyridine rings is 2. The van der Waals surface area contributed by atoms with E-state index in [1.54, 1.807) is 18.3 Å². The van der Waals surface area contributed by atoms with E-state index in [0.29, 0.717) is 24.6 Å². The van der Waals surface area contributed by atoms with E-state index >= 15 is 0 Å². The van der Waals surface area contributed by atoms with Crippen molar-refractivity contribution in [2.24, 2.45) is 0 Å². The molecule has 0 aliphatic carbocycles. The first-order chi connectivity index (χ1) is 37.7. The Morgan fingerprint density at radius 2 is 0.779 bits per heavy atom. The Bertz CT molecular complexity index is 2840. The molecule has 0 bridgehead atoms. The van der Waals surface area contributed by atoms with Crippen molar-refractivity contribution in [2.75, 3.05) is 7.11 Å². The van der Waals surface area contributed by atoms with E-state index in [9.17, 15) is 9.59 Å². The third-order valence-corrected chi connectivity index (χ3v) is 15.6. The van der Waals surface area contributed by atoms with Gasteiger partial charge in [0.05, 0.1) is 23.9 Å². The second-order valence-electron chi connectivity index (χ2n) is 15.5. The maximum atomic E-state index is 11.6. The monoisotopic (exact) mass is 1270 g/mol. The quantitative estimate of drug-likeness (QED) is 0.0482. The second kappa shape index (κ2) is 38.7. The van der Waals surface area contributed by atoms with Crippen molar-refractivity contribution in [3.05, 3.63) is 319 Å². The van der Waals surface area contributed by atoms with Crippen molar-refractivity contribution in [3.8, 4) is 0 Å². The Labute approximate surface area is 492 Å². The fourth-order valence-electron chi connectivity index (χ4n) is 7.04. The first kappa shape index (κ1) is 63.7. The molecular weight excluding hydrogens is 1220 g/mol. The summed E-state index contributed by atoms with van der Waals surface area (Å²) in [7, 11) is 9.89. The summed E-state index contributed by atoms with van der Waals surface area (Å²) in [4.78, 5) is 29.7. The SMILES string of the molecule is COC(=O)c1cccnc1Cc1ccccc1.O=C(O)c1cccnc1Cl.[CH2-]c1ccccc1.[Cl][Ni][Cl].[Zn+][Br].c1ccc(P(c2ccccc2)c2ccccc2)cc1.c1ccc(P(c2ccccc2)c2ccccc2)cc1. The molecule has 0 atom stereocenters.